The van der Waals surface area contributed by atoms with Crippen molar-refractivity contribution in [1.29, 1.82) is 0 Å². The first-order valence-corrected chi connectivity index (χ1v) is 6.54. The maximum absolute atomic E-state index is 9.72. The predicted octanol–water partition coefficient (Wildman–Crippen LogP) is -6.16. The largest absolute Gasteiger partial charge is 1.00 e. The van der Waals surface area contributed by atoms with Gasteiger partial charge in [-0.05, 0) is 0 Å². The van der Waals surface area contributed by atoms with Crippen LogP contribution in [0, 0.1) is 0 Å². The van der Waals surface area contributed by atoms with Crippen LogP contribution in [0.3, 0.4) is 0 Å². The molecule has 0 rings (SSSR count). The fourth-order valence-corrected chi connectivity index (χ4v) is 1.84. The standard InChI is InChI=1S/C2H6O6S2.2BF3.2Li/c3-9(4,5)1-2-10(6,7)8;2*2-1(3)4;;/h1-2H2,(H,3,4,5)(H,6,7,8);;;;/q;;;2*+1/p-2. The van der Waals surface area contributed by atoms with Gasteiger partial charge in [-0.25, -0.2) is 16.8 Å². The second-order valence-electron chi connectivity index (χ2n) is 2.02. The molecule has 0 saturated carbocycles. The summed E-state index contributed by atoms with van der Waals surface area (Å²) in [6, 6.07) is 0. The normalized spacial score (nSPS) is 9.40. The molecule has 0 radical (unpaired) electrons. The van der Waals surface area contributed by atoms with Crippen LogP contribution in [0.1, 0.15) is 0 Å². The summed E-state index contributed by atoms with van der Waals surface area (Å²) in [6.07, 6.45) is 0. The molecule has 6 nitrogen and oxygen atoms in total. The Morgan fingerprint density at radius 1 is 0.650 bits per heavy atom. The van der Waals surface area contributed by atoms with Gasteiger partial charge in [-0.2, -0.15) is 0 Å². The molecule has 0 atom stereocenters. The van der Waals surface area contributed by atoms with Gasteiger partial charge >= 0.3 is 52.8 Å². The molecule has 0 bridgehead atoms. The van der Waals surface area contributed by atoms with E-state index in [0.29, 0.717) is 0 Å². The molecule has 0 unspecified atom stereocenters. The van der Waals surface area contributed by atoms with Gasteiger partial charge < -0.3 is 9.11 Å². The molecule has 0 spiro atoms. The van der Waals surface area contributed by atoms with Gasteiger partial charge in [0.2, 0.25) is 0 Å². The van der Waals surface area contributed by atoms with E-state index >= 15 is 0 Å². The first-order valence-electron chi connectivity index (χ1n) is 3.39. The molecule has 0 heterocycles. The van der Waals surface area contributed by atoms with Gasteiger partial charge in [0.15, 0.2) is 0 Å². The third kappa shape index (κ3) is 98.6. The zero-order valence-electron chi connectivity index (χ0n) is 10.1. The van der Waals surface area contributed by atoms with Gasteiger partial charge in [0.05, 0.1) is 31.7 Å². The van der Waals surface area contributed by atoms with Crippen molar-refractivity contribution in [3.8, 4) is 0 Å². The molecule has 0 fully saturated rings. The minimum atomic E-state index is -4.59. The predicted molar refractivity (Wildman–Crippen MR) is 47.3 cm³/mol. The van der Waals surface area contributed by atoms with Crippen molar-refractivity contribution in [2.45, 2.75) is 0 Å². The van der Waals surface area contributed by atoms with E-state index in [1.807, 2.05) is 0 Å². The van der Waals surface area contributed by atoms with Crippen molar-refractivity contribution >= 4 is 35.3 Å². The molecule has 0 aromatic carbocycles. The summed E-state index contributed by atoms with van der Waals surface area (Å²) in [5.74, 6) is -2.31. The van der Waals surface area contributed by atoms with Crippen LogP contribution in [0.25, 0.3) is 0 Å². The molecule has 0 aliphatic carbocycles. The summed E-state index contributed by atoms with van der Waals surface area (Å²) in [5.41, 5.74) is 0. The van der Waals surface area contributed by atoms with E-state index in [1.165, 1.54) is 0 Å². The second-order valence-corrected chi connectivity index (χ2v) is 5.07. The Labute approximate surface area is 136 Å². The average Bonchev–Trinajstić information content (AvgIpc) is 1.95. The van der Waals surface area contributed by atoms with Crippen LogP contribution in [0.15, 0.2) is 0 Å². The maximum atomic E-state index is 9.72. The van der Waals surface area contributed by atoms with Crippen LogP contribution in [-0.4, -0.2) is 52.5 Å². The van der Waals surface area contributed by atoms with E-state index in [4.69, 9.17) is 0 Å². The smallest absolute Gasteiger partial charge is 0.748 e. The van der Waals surface area contributed by atoms with Crippen LogP contribution < -0.4 is 37.7 Å². The summed E-state index contributed by atoms with van der Waals surface area (Å²) < 4.78 is 116. The van der Waals surface area contributed by atoms with E-state index in [2.05, 4.69) is 0 Å². The van der Waals surface area contributed by atoms with Crippen molar-refractivity contribution in [3.05, 3.63) is 0 Å². The first kappa shape index (κ1) is 32.6. The molecular formula is C2H4B2F6Li2O6S2. The van der Waals surface area contributed by atoms with E-state index in [1.54, 1.807) is 0 Å². The number of halogens is 6. The topological polar surface area (TPSA) is 114 Å². The molecule has 0 aliphatic rings. The zero-order valence-corrected chi connectivity index (χ0v) is 11.7. The Bertz CT molecular complexity index is 347. The van der Waals surface area contributed by atoms with Gasteiger partial charge in [0.25, 0.3) is 0 Å². The fourth-order valence-electron chi connectivity index (χ4n) is 0.204. The Balaban J connectivity index is -0.0000000637. The second kappa shape index (κ2) is 16.1. The van der Waals surface area contributed by atoms with E-state index in [0.717, 1.165) is 0 Å². The van der Waals surface area contributed by atoms with Crippen LogP contribution >= 0.6 is 0 Å². The molecule has 0 amide bonds. The fraction of sp³-hybridized carbons (Fsp3) is 1.00. The third-order valence-electron chi connectivity index (χ3n) is 0.583. The van der Waals surface area contributed by atoms with Crippen LogP contribution in [0.4, 0.5) is 25.9 Å². The third-order valence-corrected chi connectivity index (χ3v) is 2.25. The molecule has 0 saturated heterocycles. The molecule has 0 aliphatic heterocycles. The molecular weight excluding hydrogens is 334 g/mol. The molecule has 18 heteroatoms. The van der Waals surface area contributed by atoms with E-state index < -0.39 is 46.8 Å². The SMILES string of the molecule is FB(F)F.FB(F)F.O=S(=O)([O-])CCS(=O)(=O)[O-].[Li+].[Li+]. The average molecular weight is 338 g/mol. The molecule has 0 aromatic heterocycles. The summed E-state index contributed by atoms with van der Waals surface area (Å²) in [5, 5.41) is 0. The summed E-state index contributed by atoms with van der Waals surface area (Å²) in [4.78, 5) is 0. The minimum Gasteiger partial charge on any atom is -0.748 e. The Morgan fingerprint density at radius 2 is 0.750 bits per heavy atom. The first-order chi connectivity index (χ1) is 7.67. The Kier molecular flexibility index (Phi) is 26.3. The van der Waals surface area contributed by atoms with Crippen molar-refractivity contribution in [3.63, 3.8) is 0 Å². The molecule has 110 valence electrons. The van der Waals surface area contributed by atoms with Gasteiger partial charge in [-0.1, -0.05) is 0 Å². The monoisotopic (exact) mass is 338 g/mol. The zero-order chi connectivity index (χ0) is 15.6. The van der Waals surface area contributed by atoms with Gasteiger partial charge in [0, 0.05) is 0 Å². The molecule has 0 aromatic rings. The Hall–Kier alpha value is 0.725. The number of hydrogen-bond donors (Lipinski definition) is 0. The Morgan fingerprint density at radius 3 is 0.800 bits per heavy atom. The molecule has 0 N–H and O–H groups in total. The van der Waals surface area contributed by atoms with Crippen LogP contribution in [-0.2, 0) is 20.2 Å². The van der Waals surface area contributed by atoms with Crippen molar-refractivity contribution < 1.29 is 89.6 Å². The summed E-state index contributed by atoms with van der Waals surface area (Å²) in [7, 11) is -16.5. The molecule has 20 heavy (non-hydrogen) atoms. The van der Waals surface area contributed by atoms with Gasteiger partial charge in [-0.15, -0.1) is 0 Å². The quantitative estimate of drug-likeness (QED) is 0.287. The summed E-state index contributed by atoms with van der Waals surface area (Å²) in [6.45, 7) is 0. The van der Waals surface area contributed by atoms with Crippen molar-refractivity contribution in [1.82, 2.24) is 0 Å². The van der Waals surface area contributed by atoms with Gasteiger partial charge in [-0.3, -0.25) is 25.9 Å². The minimum absolute atomic E-state index is 0. The van der Waals surface area contributed by atoms with Crippen LogP contribution in [0.5, 0.6) is 0 Å². The number of rotatable bonds is 3. The maximum Gasteiger partial charge on any atom is 1.00 e. The van der Waals surface area contributed by atoms with Crippen molar-refractivity contribution in [2.75, 3.05) is 11.5 Å². The van der Waals surface area contributed by atoms with Crippen molar-refractivity contribution in [2.24, 2.45) is 0 Å². The van der Waals surface area contributed by atoms with E-state index in [-0.39, 0.29) is 37.7 Å². The van der Waals surface area contributed by atoms with Crippen LogP contribution in [0.2, 0.25) is 0 Å². The van der Waals surface area contributed by atoms with E-state index in [9.17, 15) is 51.8 Å². The summed E-state index contributed by atoms with van der Waals surface area (Å²) >= 11 is 0. The number of hydrogen-bond acceptors (Lipinski definition) is 6. The van der Waals surface area contributed by atoms with Gasteiger partial charge in [0.1, 0.15) is 0 Å².